The lowest BCUT2D eigenvalue weighted by Gasteiger charge is -2.50. The summed E-state index contributed by atoms with van der Waals surface area (Å²) in [7, 11) is 2.47. The first kappa shape index (κ1) is 16.7. The van der Waals surface area contributed by atoms with E-state index in [1.807, 2.05) is 20.5 Å². The smallest absolute Gasteiger partial charge is 0.186 e. The molecule has 2 fully saturated rings. The van der Waals surface area contributed by atoms with Gasteiger partial charge in [-0.1, -0.05) is 0 Å². The topological polar surface area (TPSA) is 55.4 Å². The SMILES string of the molecule is C=POC1C(OPC)C(OC)O[C@@H]2COC(C)(C)OC12. The van der Waals surface area contributed by atoms with Crippen LogP contribution < -0.4 is 0 Å². The average Bonchev–Trinajstić information content (AvgIpc) is 2.41. The van der Waals surface area contributed by atoms with E-state index in [0.717, 1.165) is 0 Å². The predicted octanol–water partition coefficient (Wildman–Crippen LogP) is 1.80. The summed E-state index contributed by atoms with van der Waals surface area (Å²) >= 11 is 0. The van der Waals surface area contributed by atoms with Crippen molar-refractivity contribution < 1.29 is 28.0 Å². The Balaban J connectivity index is 2.21. The Hall–Kier alpha value is 0.360. The van der Waals surface area contributed by atoms with Crippen LogP contribution >= 0.6 is 17.2 Å². The second-order valence-corrected chi connectivity index (χ2v) is 6.17. The third-order valence-electron chi connectivity index (χ3n) is 3.29. The summed E-state index contributed by atoms with van der Waals surface area (Å²) in [6, 6.07) is 0. The van der Waals surface area contributed by atoms with Crippen LogP contribution in [0.3, 0.4) is 0 Å². The standard InChI is InChI=1S/C12H22O6P2/c1-12(2)14-6-7-8(16-12)9(17-19-4)10(18-20-5)11(13-3)15-7/h7-11,20H,4,6H2,1-3,5H3/t7-,8?,9?,10?,11?/m1/s1. The van der Waals surface area contributed by atoms with E-state index in [-0.39, 0.29) is 24.4 Å². The van der Waals surface area contributed by atoms with Gasteiger partial charge in [0.25, 0.3) is 0 Å². The van der Waals surface area contributed by atoms with Crippen LogP contribution in [0.15, 0.2) is 0 Å². The first-order chi connectivity index (χ1) is 9.52. The number of fused-ring (bicyclic) bond motifs is 1. The molecule has 2 aliphatic heterocycles. The minimum Gasteiger partial charge on any atom is -0.353 e. The predicted molar refractivity (Wildman–Crippen MR) is 78.6 cm³/mol. The fraction of sp³-hybridized carbons (Fsp3) is 0.917. The molecule has 8 heteroatoms. The Morgan fingerprint density at radius 3 is 2.70 bits per heavy atom. The van der Waals surface area contributed by atoms with Gasteiger partial charge in [-0.2, -0.15) is 0 Å². The average molecular weight is 324 g/mol. The molecule has 2 heterocycles. The summed E-state index contributed by atoms with van der Waals surface area (Å²) in [6.45, 7) is 6.14. The fourth-order valence-electron chi connectivity index (χ4n) is 2.46. The first-order valence-corrected chi connectivity index (χ1v) is 8.87. The number of hydrogen-bond acceptors (Lipinski definition) is 6. The summed E-state index contributed by atoms with van der Waals surface area (Å²) in [5.41, 5.74) is 0. The molecule has 0 aromatic heterocycles. The van der Waals surface area contributed by atoms with E-state index < -0.39 is 12.1 Å². The number of rotatable bonds is 5. The van der Waals surface area contributed by atoms with Gasteiger partial charge >= 0.3 is 0 Å². The Kier molecular flexibility index (Phi) is 5.92. The summed E-state index contributed by atoms with van der Waals surface area (Å²) < 4.78 is 34.4. The second-order valence-electron chi connectivity index (χ2n) is 5.06. The largest absolute Gasteiger partial charge is 0.353 e. The van der Waals surface area contributed by atoms with Crippen molar-refractivity contribution in [3.63, 3.8) is 0 Å². The molecule has 2 rings (SSSR count). The van der Waals surface area contributed by atoms with Crippen molar-refractivity contribution in [2.45, 2.75) is 50.3 Å². The summed E-state index contributed by atoms with van der Waals surface area (Å²) in [6.07, 6.45) is 2.09. The van der Waals surface area contributed by atoms with Gasteiger partial charge in [0, 0.05) is 24.3 Å². The molecule has 116 valence electrons. The van der Waals surface area contributed by atoms with Gasteiger partial charge in [0.05, 0.1) is 6.61 Å². The van der Waals surface area contributed by atoms with Crippen LogP contribution in [0.1, 0.15) is 13.8 Å². The maximum Gasteiger partial charge on any atom is 0.186 e. The van der Waals surface area contributed by atoms with Crippen LogP contribution in [0.25, 0.3) is 0 Å². The molecule has 0 radical (unpaired) electrons. The normalized spacial score (nSPS) is 41.1. The van der Waals surface area contributed by atoms with Gasteiger partial charge in [0.15, 0.2) is 12.1 Å². The van der Waals surface area contributed by atoms with E-state index in [0.29, 0.717) is 23.8 Å². The fourth-order valence-corrected chi connectivity index (χ4v) is 3.39. The van der Waals surface area contributed by atoms with E-state index in [2.05, 4.69) is 6.30 Å². The summed E-state index contributed by atoms with van der Waals surface area (Å²) in [5, 5.41) is 0. The molecule has 0 amide bonds. The Morgan fingerprint density at radius 1 is 1.35 bits per heavy atom. The third-order valence-corrected chi connectivity index (χ3v) is 4.19. The van der Waals surface area contributed by atoms with Crippen molar-refractivity contribution in [2.24, 2.45) is 0 Å². The minimum absolute atomic E-state index is 0.236. The van der Waals surface area contributed by atoms with Crippen LogP contribution in [0, 0.1) is 0 Å². The lowest BCUT2D eigenvalue weighted by Crippen LogP contribution is -2.65. The molecule has 0 bridgehead atoms. The molecule has 0 aromatic rings. The lowest BCUT2D eigenvalue weighted by atomic mass is 9.97. The summed E-state index contributed by atoms with van der Waals surface area (Å²) in [4.78, 5) is 0. The molecule has 0 aromatic carbocycles. The second kappa shape index (κ2) is 7.08. The highest BCUT2D eigenvalue weighted by molar-refractivity contribution is 7.31. The van der Waals surface area contributed by atoms with Crippen LogP contribution in [0.4, 0.5) is 0 Å². The van der Waals surface area contributed by atoms with Crippen molar-refractivity contribution in [3.05, 3.63) is 0 Å². The van der Waals surface area contributed by atoms with Crippen LogP contribution in [-0.2, 0) is 28.0 Å². The van der Waals surface area contributed by atoms with Crippen LogP contribution in [0.2, 0.25) is 0 Å². The molecule has 0 aliphatic carbocycles. The van der Waals surface area contributed by atoms with Gasteiger partial charge in [0.2, 0.25) is 0 Å². The van der Waals surface area contributed by atoms with Gasteiger partial charge in [-0.05, 0) is 26.8 Å². The van der Waals surface area contributed by atoms with Gasteiger partial charge in [0.1, 0.15) is 24.4 Å². The number of methoxy groups -OCH3 is 1. The molecular formula is C12H22O6P2. The maximum absolute atomic E-state index is 5.98. The van der Waals surface area contributed by atoms with Crippen molar-refractivity contribution in [2.75, 3.05) is 20.4 Å². The molecule has 0 N–H and O–H groups in total. The maximum atomic E-state index is 5.98. The van der Waals surface area contributed by atoms with Crippen molar-refractivity contribution >= 4 is 23.5 Å². The first-order valence-electron chi connectivity index (χ1n) is 6.46. The quantitative estimate of drug-likeness (QED) is 0.719. The Morgan fingerprint density at radius 2 is 2.10 bits per heavy atom. The zero-order chi connectivity index (χ0) is 14.8. The minimum atomic E-state index is -0.664. The molecule has 20 heavy (non-hydrogen) atoms. The van der Waals surface area contributed by atoms with Gasteiger partial charge in [-0.15, -0.1) is 0 Å². The molecule has 0 spiro atoms. The third kappa shape index (κ3) is 3.57. The van der Waals surface area contributed by atoms with Crippen LogP contribution in [-0.4, -0.2) is 63.2 Å². The molecule has 2 saturated heterocycles. The van der Waals surface area contributed by atoms with Gasteiger partial charge < -0.3 is 28.0 Å². The molecule has 6 atom stereocenters. The highest BCUT2D eigenvalue weighted by atomic mass is 31.1. The van der Waals surface area contributed by atoms with Crippen molar-refractivity contribution in [3.8, 4) is 0 Å². The van der Waals surface area contributed by atoms with Crippen LogP contribution in [0.5, 0.6) is 0 Å². The van der Waals surface area contributed by atoms with Crippen molar-refractivity contribution in [1.29, 1.82) is 0 Å². The highest BCUT2D eigenvalue weighted by Gasteiger charge is 2.52. The molecular weight excluding hydrogens is 302 g/mol. The van der Waals surface area contributed by atoms with E-state index in [1.165, 1.54) is 0 Å². The lowest BCUT2D eigenvalue weighted by molar-refractivity contribution is -0.373. The summed E-state index contributed by atoms with van der Waals surface area (Å²) in [5.74, 6) is -0.664. The molecule has 0 saturated carbocycles. The van der Waals surface area contributed by atoms with Gasteiger partial charge in [-0.25, -0.2) is 0 Å². The van der Waals surface area contributed by atoms with E-state index in [1.54, 1.807) is 7.11 Å². The zero-order valence-corrected chi connectivity index (χ0v) is 14.1. The molecule has 2 aliphatic rings. The monoisotopic (exact) mass is 324 g/mol. The molecule has 6 nitrogen and oxygen atoms in total. The van der Waals surface area contributed by atoms with Crippen molar-refractivity contribution in [1.82, 2.24) is 0 Å². The Labute approximate surface area is 123 Å². The van der Waals surface area contributed by atoms with E-state index in [9.17, 15) is 0 Å². The Bertz CT molecular complexity index is 340. The number of hydrogen-bond donors (Lipinski definition) is 0. The number of ether oxygens (including phenoxy) is 4. The highest BCUT2D eigenvalue weighted by Crippen LogP contribution is 2.37. The molecule has 5 unspecified atom stereocenters. The van der Waals surface area contributed by atoms with E-state index in [4.69, 9.17) is 28.0 Å². The van der Waals surface area contributed by atoms with E-state index >= 15 is 0 Å². The van der Waals surface area contributed by atoms with Gasteiger partial charge in [-0.3, -0.25) is 0 Å². The zero-order valence-electron chi connectivity index (χ0n) is 12.2.